The van der Waals surface area contributed by atoms with Crippen LogP contribution in [-0.2, 0) is 0 Å². The Labute approximate surface area is 57.9 Å². The Kier molecular flexibility index (Phi) is 2.15. The van der Waals surface area contributed by atoms with E-state index in [2.05, 4.69) is 9.97 Å². The molecule has 10 heavy (non-hydrogen) atoms. The molecule has 0 atom stereocenters. The van der Waals surface area contributed by atoms with Gasteiger partial charge in [-0.25, -0.2) is 9.97 Å². The fourth-order valence-electron chi connectivity index (χ4n) is 0.542. The lowest BCUT2D eigenvalue weighted by molar-refractivity contribution is 0.334. The van der Waals surface area contributed by atoms with Crippen molar-refractivity contribution in [1.29, 1.82) is 0 Å². The van der Waals surface area contributed by atoms with Crippen LogP contribution in [0.1, 0.15) is 6.92 Å². The summed E-state index contributed by atoms with van der Waals surface area (Å²) in [6.45, 7) is 2.37. The maximum absolute atomic E-state index is 12.0. The summed E-state index contributed by atoms with van der Waals surface area (Å²) < 4.78 is 17.0. The molecule has 3 nitrogen and oxygen atoms in total. The fraction of sp³-hybridized carbons (Fsp3) is 0.333. The van der Waals surface area contributed by atoms with Crippen molar-refractivity contribution in [1.82, 2.24) is 9.97 Å². The Balaban J connectivity index is 2.69. The van der Waals surface area contributed by atoms with Crippen molar-refractivity contribution >= 4 is 0 Å². The van der Waals surface area contributed by atoms with Gasteiger partial charge in [-0.3, -0.25) is 0 Å². The molecule has 0 aliphatic heterocycles. The summed E-state index contributed by atoms with van der Waals surface area (Å²) in [5.41, 5.74) is 0. The second kappa shape index (κ2) is 3.10. The number of rotatable bonds is 2. The molecule has 0 radical (unpaired) electrons. The second-order valence-electron chi connectivity index (χ2n) is 1.62. The standard InChI is InChI=1S/C6H7FN2O/c1-2-10-5-3-8-6(7)9-4-5/h3-4H,2H2,1H3. The lowest BCUT2D eigenvalue weighted by atomic mass is 10.6. The van der Waals surface area contributed by atoms with Gasteiger partial charge in [-0.15, -0.1) is 0 Å². The molecule has 0 aliphatic carbocycles. The Hall–Kier alpha value is -1.19. The molecule has 0 amide bonds. The summed E-state index contributed by atoms with van der Waals surface area (Å²) in [4.78, 5) is 6.59. The zero-order chi connectivity index (χ0) is 7.40. The Bertz CT molecular complexity index is 199. The summed E-state index contributed by atoms with van der Waals surface area (Å²) in [7, 11) is 0. The van der Waals surface area contributed by atoms with Crippen molar-refractivity contribution in [2.45, 2.75) is 6.92 Å². The first-order valence-electron chi connectivity index (χ1n) is 2.93. The van der Waals surface area contributed by atoms with Crippen molar-refractivity contribution < 1.29 is 9.13 Å². The molecule has 0 N–H and O–H groups in total. The maximum Gasteiger partial charge on any atom is 0.308 e. The SMILES string of the molecule is CCOc1cnc(F)nc1. The topological polar surface area (TPSA) is 35.0 Å². The number of halogens is 1. The molecule has 0 saturated heterocycles. The molecule has 0 bridgehead atoms. The first kappa shape index (κ1) is 6.92. The molecule has 1 aromatic heterocycles. The third kappa shape index (κ3) is 1.65. The zero-order valence-electron chi connectivity index (χ0n) is 5.54. The Morgan fingerprint density at radius 1 is 1.50 bits per heavy atom. The first-order valence-corrected chi connectivity index (χ1v) is 2.93. The highest BCUT2D eigenvalue weighted by Gasteiger charge is 1.93. The van der Waals surface area contributed by atoms with Gasteiger partial charge in [-0.1, -0.05) is 0 Å². The van der Waals surface area contributed by atoms with Crippen LogP contribution in [0.2, 0.25) is 0 Å². The lowest BCUT2D eigenvalue weighted by Gasteiger charge is -1.98. The molecule has 0 saturated carbocycles. The molecule has 0 unspecified atom stereocenters. The number of hydrogen-bond acceptors (Lipinski definition) is 3. The van der Waals surface area contributed by atoms with Crippen LogP contribution in [0.15, 0.2) is 12.4 Å². The fourth-order valence-corrected chi connectivity index (χ4v) is 0.542. The number of nitrogens with zero attached hydrogens (tertiary/aromatic N) is 2. The van der Waals surface area contributed by atoms with Crippen molar-refractivity contribution in [3.8, 4) is 5.75 Å². The van der Waals surface area contributed by atoms with Crippen molar-refractivity contribution in [2.75, 3.05) is 6.61 Å². The Morgan fingerprint density at radius 3 is 2.60 bits per heavy atom. The van der Waals surface area contributed by atoms with E-state index in [1.807, 2.05) is 6.92 Å². The van der Waals surface area contributed by atoms with E-state index in [1.54, 1.807) is 0 Å². The van der Waals surface area contributed by atoms with E-state index in [-0.39, 0.29) is 0 Å². The monoisotopic (exact) mass is 142 g/mol. The smallest absolute Gasteiger partial charge is 0.308 e. The number of ether oxygens (including phenoxy) is 1. The molecule has 0 spiro atoms. The van der Waals surface area contributed by atoms with Gasteiger partial charge in [0.1, 0.15) is 0 Å². The van der Waals surface area contributed by atoms with Gasteiger partial charge in [0.05, 0.1) is 19.0 Å². The van der Waals surface area contributed by atoms with E-state index >= 15 is 0 Å². The Morgan fingerprint density at radius 2 is 2.10 bits per heavy atom. The third-order valence-corrected chi connectivity index (χ3v) is 0.908. The summed E-state index contributed by atoms with van der Waals surface area (Å²) in [6.07, 6.45) is 1.86. The van der Waals surface area contributed by atoms with E-state index in [4.69, 9.17) is 4.74 Å². The highest BCUT2D eigenvalue weighted by Crippen LogP contribution is 2.04. The minimum Gasteiger partial charge on any atom is -0.491 e. The van der Waals surface area contributed by atoms with Crippen LogP contribution in [0.4, 0.5) is 4.39 Å². The molecule has 4 heteroatoms. The predicted molar refractivity (Wildman–Crippen MR) is 33.2 cm³/mol. The number of aromatic nitrogens is 2. The van der Waals surface area contributed by atoms with Crippen molar-refractivity contribution in [3.05, 3.63) is 18.5 Å². The van der Waals surface area contributed by atoms with Crippen LogP contribution >= 0.6 is 0 Å². The minimum atomic E-state index is -0.733. The van der Waals surface area contributed by atoms with Gasteiger partial charge in [0.15, 0.2) is 5.75 Å². The quantitative estimate of drug-likeness (QED) is 0.578. The van der Waals surface area contributed by atoms with Crippen LogP contribution in [0, 0.1) is 6.08 Å². The molecule has 54 valence electrons. The molecule has 1 aromatic rings. The average molecular weight is 142 g/mol. The predicted octanol–water partition coefficient (Wildman–Crippen LogP) is 1.01. The van der Waals surface area contributed by atoms with Gasteiger partial charge in [0, 0.05) is 0 Å². The van der Waals surface area contributed by atoms with E-state index in [0.29, 0.717) is 12.4 Å². The minimum absolute atomic E-state index is 0.490. The zero-order valence-corrected chi connectivity index (χ0v) is 5.54. The molecule has 1 rings (SSSR count). The lowest BCUT2D eigenvalue weighted by Crippen LogP contribution is -1.94. The van der Waals surface area contributed by atoms with Gasteiger partial charge < -0.3 is 4.74 Å². The van der Waals surface area contributed by atoms with Gasteiger partial charge in [0.25, 0.3) is 0 Å². The molecular formula is C6H7FN2O. The largest absolute Gasteiger partial charge is 0.491 e. The molecule has 1 heterocycles. The van der Waals surface area contributed by atoms with Gasteiger partial charge in [-0.05, 0) is 6.92 Å². The number of hydrogen-bond donors (Lipinski definition) is 0. The highest BCUT2D eigenvalue weighted by atomic mass is 19.1. The first-order chi connectivity index (χ1) is 4.83. The third-order valence-electron chi connectivity index (χ3n) is 0.908. The summed E-state index contributed by atoms with van der Waals surface area (Å²) in [5, 5.41) is 0. The maximum atomic E-state index is 12.0. The van der Waals surface area contributed by atoms with Gasteiger partial charge in [-0.2, -0.15) is 4.39 Å². The molecule has 0 aromatic carbocycles. The van der Waals surface area contributed by atoms with E-state index < -0.39 is 6.08 Å². The summed E-state index contributed by atoms with van der Waals surface area (Å²) in [5.74, 6) is 0.490. The van der Waals surface area contributed by atoms with Crippen LogP contribution in [0.5, 0.6) is 5.75 Å². The average Bonchev–Trinajstić information content (AvgIpc) is 1.95. The molecular weight excluding hydrogens is 135 g/mol. The van der Waals surface area contributed by atoms with Crippen LogP contribution < -0.4 is 4.74 Å². The van der Waals surface area contributed by atoms with Crippen LogP contribution in [0.25, 0.3) is 0 Å². The summed E-state index contributed by atoms with van der Waals surface area (Å²) >= 11 is 0. The van der Waals surface area contributed by atoms with Gasteiger partial charge >= 0.3 is 6.08 Å². The van der Waals surface area contributed by atoms with E-state index in [1.165, 1.54) is 12.4 Å². The van der Waals surface area contributed by atoms with Crippen LogP contribution in [-0.4, -0.2) is 16.6 Å². The van der Waals surface area contributed by atoms with Gasteiger partial charge in [0.2, 0.25) is 0 Å². The van der Waals surface area contributed by atoms with E-state index in [9.17, 15) is 4.39 Å². The van der Waals surface area contributed by atoms with Crippen LogP contribution in [0.3, 0.4) is 0 Å². The summed E-state index contributed by atoms with van der Waals surface area (Å²) in [6, 6.07) is 0. The van der Waals surface area contributed by atoms with E-state index in [0.717, 1.165) is 0 Å². The van der Waals surface area contributed by atoms with Crippen molar-refractivity contribution in [2.24, 2.45) is 0 Å². The highest BCUT2D eigenvalue weighted by molar-refractivity contribution is 5.09. The molecule has 0 fully saturated rings. The molecule has 0 aliphatic rings. The second-order valence-corrected chi connectivity index (χ2v) is 1.62. The normalized spacial score (nSPS) is 9.40. The van der Waals surface area contributed by atoms with Crippen molar-refractivity contribution in [3.63, 3.8) is 0 Å².